The molecule has 3 N–H and O–H groups in total. The lowest BCUT2D eigenvalue weighted by molar-refractivity contribution is 0.167. The van der Waals surface area contributed by atoms with Crippen molar-refractivity contribution in [1.29, 1.82) is 0 Å². The highest BCUT2D eigenvalue weighted by molar-refractivity contribution is 5.41. The Kier molecular flexibility index (Phi) is 3.44. The minimum Gasteiger partial charge on any atom is -0.399 e. The molecule has 0 bridgehead atoms. The number of aliphatic hydroxyl groups excluding tert-OH is 1. The van der Waals surface area contributed by atoms with Crippen molar-refractivity contribution in [3.63, 3.8) is 0 Å². The number of hydrogen-bond donors (Lipinski definition) is 2. The van der Waals surface area contributed by atoms with E-state index in [4.69, 9.17) is 5.73 Å². The summed E-state index contributed by atoms with van der Waals surface area (Å²) in [6, 6.07) is 9.35. The van der Waals surface area contributed by atoms with Crippen molar-refractivity contribution in [2.75, 3.05) is 5.73 Å². The quantitative estimate of drug-likeness (QED) is 0.787. The summed E-state index contributed by atoms with van der Waals surface area (Å²) in [4.78, 5) is 0. The topological polar surface area (TPSA) is 64.1 Å². The maximum Gasteiger partial charge on any atom is 0.0794 e. The molecule has 17 heavy (non-hydrogen) atoms. The fourth-order valence-corrected chi connectivity index (χ4v) is 1.86. The number of rotatable bonds is 4. The Morgan fingerprint density at radius 1 is 1.41 bits per heavy atom. The van der Waals surface area contributed by atoms with Crippen LogP contribution in [0.2, 0.25) is 0 Å². The minimum absolute atomic E-state index is 0.478. The molecule has 0 radical (unpaired) electrons. The second-order valence-corrected chi connectivity index (χ2v) is 4.17. The summed E-state index contributed by atoms with van der Waals surface area (Å²) in [6.07, 6.45) is 2.76. The normalized spacial score (nSPS) is 12.6. The van der Waals surface area contributed by atoms with Crippen LogP contribution >= 0.6 is 0 Å². The molecule has 0 aliphatic rings. The fraction of sp³-hybridized carbons (Fsp3) is 0.308. The molecular formula is C13H17N3O. The molecule has 4 nitrogen and oxygen atoms in total. The number of nitrogens with zero attached hydrogens (tertiary/aromatic N) is 2. The van der Waals surface area contributed by atoms with E-state index in [2.05, 4.69) is 5.10 Å². The lowest BCUT2D eigenvalue weighted by Gasteiger charge is -2.11. The molecule has 2 aromatic rings. The molecule has 1 aromatic heterocycles. The van der Waals surface area contributed by atoms with Crippen molar-refractivity contribution in [1.82, 2.24) is 9.78 Å². The van der Waals surface area contributed by atoms with E-state index < -0.39 is 6.10 Å². The second kappa shape index (κ2) is 5.01. The van der Waals surface area contributed by atoms with Gasteiger partial charge in [-0.1, -0.05) is 12.1 Å². The monoisotopic (exact) mass is 231 g/mol. The van der Waals surface area contributed by atoms with Crippen LogP contribution in [-0.4, -0.2) is 14.9 Å². The Morgan fingerprint density at radius 2 is 2.24 bits per heavy atom. The molecule has 0 amide bonds. The highest BCUT2D eigenvalue weighted by atomic mass is 16.3. The molecule has 1 aromatic carbocycles. The van der Waals surface area contributed by atoms with E-state index in [9.17, 15) is 5.11 Å². The number of nitrogens with two attached hydrogens (primary N) is 1. The van der Waals surface area contributed by atoms with Gasteiger partial charge in [-0.25, -0.2) is 0 Å². The summed E-state index contributed by atoms with van der Waals surface area (Å²) in [6.45, 7) is 0. The maximum atomic E-state index is 10.0. The number of hydrogen-bond acceptors (Lipinski definition) is 3. The molecule has 0 fully saturated rings. The van der Waals surface area contributed by atoms with E-state index in [0.29, 0.717) is 12.1 Å². The van der Waals surface area contributed by atoms with Crippen molar-refractivity contribution in [2.24, 2.45) is 7.05 Å². The van der Waals surface area contributed by atoms with E-state index in [-0.39, 0.29) is 0 Å². The van der Waals surface area contributed by atoms with Crippen LogP contribution in [0.15, 0.2) is 36.5 Å². The summed E-state index contributed by atoms with van der Waals surface area (Å²) in [7, 11) is 1.90. The van der Waals surface area contributed by atoms with Crippen molar-refractivity contribution < 1.29 is 5.11 Å². The Labute approximate surface area is 101 Å². The molecule has 1 heterocycles. The first kappa shape index (κ1) is 11.7. The van der Waals surface area contributed by atoms with Gasteiger partial charge < -0.3 is 10.8 Å². The summed E-state index contributed by atoms with van der Waals surface area (Å²) in [5, 5.41) is 14.1. The zero-order chi connectivity index (χ0) is 12.3. The molecule has 0 spiro atoms. The lowest BCUT2D eigenvalue weighted by Crippen LogP contribution is -2.04. The Morgan fingerprint density at radius 3 is 2.88 bits per heavy atom. The first-order valence-corrected chi connectivity index (χ1v) is 5.67. The number of benzene rings is 1. The molecule has 0 saturated carbocycles. The zero-order valence-electron chi connectivity index (χ0n) is 9.87. The van der Waals surface area contributed by atoms with Crippen LogP contribution in [0.1, 0.15) is 23.8 Å². The van der Waals surface area contributed by atoms with Gasteiger partial charge in [-0.2, -0.15) is 5.10 Å². The van der Waals surface area contributed by atoms with E-state index in [0.717, 1.165) is 17.7 Å². The van der Waals surface area contributed by atoms with Gasteiger partial charge in [0.25, 0.3) is 0 Å². The SMILES string of the molecule is Cn1nccc1CCC(O)c1cccc(N)c1. The average molecular weight is 231 g/mol. The van der Waals surface area contributed by atoms with Gasteiger partial charge in [-0.05, 0) is 36.6 Å². The third-order valence-electron chi connectivity index (χ3n) is 2.89. The Bertz CT molecular complexity index is 493. The predicted molar refractivity (Wildman–Crippen MR) is 67.3 cm³/mol. The van der Waals surface area contributed by atoms with Gasteiger partial charge in [0.2, 0.25) is 0 Å². The van der Waals surface area contributed by atoms with Crippen molar-refractivity contribution >= 4 is 5.69 Å². The van der Waals surface area contributed by atoms with Crippen LogP contribution in [-0.2, 0) is 13.5 Å². The molecule has 0 aliphatic heterocycles. The van der Waals surface area contributed by atoms with Crippen molar-refractivity contribution in [2.45, 2.75) is 18.9 Å². The highest BCUT2D eigenvalue weighted by Gasteiger charge is 2.09. The van der Waals surface area contributed by atoms with Crippen LogP contribution in [0.3, 0.4) is 0 Å². The van der Waals surface area contributed by atoms with Gasteiger partial charge in [-0.15, -0.1) is 0 Å². The van der Waals surface area contributed by atoms with Crippen LogP contribution in [0.25, 0.3) is 0 Å². The van der Waals surface area contributed by atoms with E-state index >= 15 is 0 Å². The third kappa shape index (κ3) is 2.85. The van der Waals surface area contributed by atoms with Gasteiger partial charge in [0.15, 0.2) is 0 Å². The number of nitrogen functional groups attached to an aromatic ring is 1. The first-order chi connectivity index (χ1) is 8.16. The summed E-state index contributed by atoms with van der Waals surface area (Å²) < 4.78 is 1.83. The van der Waals surface area contributed by atoms with E-state index in [1.807, 2.05) is 42.1 Å². The van der Waals surface area contributed by atoms with Crippen LogP contribution in [0.5, 0.6) is 0 Å². The smallest absolute Gasteiger partial charge is 0.0794 e. The molecule has 0 saturated heterocycles. The second-order valence-electron chi connectivity index (χ2n) is 4.17. The van der Waals surface area contributed by atoms with Gasteiger partial charge in [-0.3, -0.25) is 4.68 Å². The zero-order valence-corrected chi connectivity index (χ0v) is 9.87. The van der Waals surface area contributed by atoms with Gasteiger partial charge in [0.1, 0.15) is 0 Å². The Balaban J connectivity index is 1.98. The van der Waals surface area contributed by atoms with Crippen LogP contribution in [0, 0.1) is 0 Å². The average Bonchev–Trinajstić information content (AvgIpc) is 2.72. The molecule has 1 unspecified atom stereocenters. The maximum absolute atomic E-state index is 10.0. The Hall–Kier alpha value is -1.81. The lowest BCUT2D eigenvalue weighted by atomic mass is 10.0. The summed E-state index contributed by atoms with van der Waals surface area (Å²) in [5.74, 6) is 0. The molecule has 0 aliphatic carbocycles. The number of aliphatic hydroxyl groups is 1. The number of anilines is 1. The fourth-order valence-electron chi connectivity index (χ4n) is 1.86. The summed E-state index contributed by atoms with van der Waals surface area (Å²) in [5.41, 5.74) is 8.35. The highest BCUT2D eigenvalue weighted by Crippen LogP contribution is 2.20. The third-order valence-corrected chi connectivity index (χ3v) is 2.89. The van der Waals surface area contributed by atoms with Gasteiger partial charge in [0, 0.05) is 24.6 Å². The molecule has 90 valence electrons. The van der Waals surface area contributed by atoms with E-state index in [1.165, 1.54) is 0 Å². The number of aromatic nitrogens is 2. The van der Waals surface area contributed by atoms with Gasteiger partial charge in [0.05, 0.1) is 6.10 Å². The first-order valence-electron chi connectivity index (χ1n) is 5.67. The van der Waals surface area contributed by atoms with Crippen LogP contribution < -0.4 is 5.73 Å². The number of aryl methyl sites for hydroxylation is 2. The summed E-state index contributed by atoms with van der Waals surface area (Å²) >= 11 is 0. The molecular weight excluding hydrogens is 214 g/mol. The minimum atomic E-state index is -0.478. The predicted octanol–water partition coefficient (Wildman–Crippen LogP) is 1.67. The standard InChI is InChI=1S/C13H17N3O/c1-16-12(7-8-15-16)5-6-13(17)10-3-2-4-11(14)9-10/h2-4,7-9,13,17H,5-6,14H2,1H3. The molecule has 2 rings (SSSR count). The van der Waals surface area contributed by atoms with Crippen LogP contribution in [0.4, 0.5) is 5.69 Å². The van der Waals surface area contributed by atoms with Crippen molar-refractivity contribution in [3.8, 4) is 0 Å². The van der Waals surface area contributed by atoms with Crippen molar-refractivity contribution in [3.05, 3.63) is 47.8 Å². The van der Waals surface area contributed by atoms with Gasteiger partial charge >= 0.3 is 0 Å². The molecule has 1 atom stereocenters. The largest absolute Gasteiger partial charge is 0.399 e. The molecule has 4 heteroatoms. The van der Waals surface area contributed by atoms with E-state index in [1.54, 1.807) is 6.20 Å².